The van der Waals surface area contributed by atoms with E-state index in [0.717, 1.165) is 16.9 Å². The van der Waals surface area contributed by atoms with E-state index in [2.05, 4.69) is 5.32 Å². The van der Waals surface area contributed by atoms with Gasteiger partial charge >= 0.3 is 0 Å². The number of aryl methyl sites for hydroxylation is 1. The third kappa shape index (κ3) is 2.03. The molecule has 19 heavy (non-hydrogen) atoms. The maximum Gasteiger partial charge on any atom is 0.268 e. The number of fused-ring (bicyclic) bond motifs is 1. The minimum atomic E-state index is -0.135. The minimum Gasteiger partial charge on any atom is -0.467 e. The molecule has 0 spiro atoms. The van der Waals surface area contributed by atoms with Crippen molar-refractivity contribution in [3.63, 3.8) is 0 Å². The van der Waals surface area contributed by atoms with E-state index in [1.807, 2.05) is 23.6 Å². The fraction of sp³-hybridized carbons (Fsp3) is 0.214. The lowest BCUT2D eigenvalue weighted by Gasteiger charge is -2.07. The second-order valence-electron chi connectivity index (χ2n) is 4.21. The fourth-order valence-corrected chi connectivity index (χ4v) is 2.18. The first-order chi connectivity index (χ1) is 9.29. The number of rotatable bonds is 4. The first kappa shape index (κ1) is 11.6. The number of hydrogen-bond acceptors (Lipinski definition) is 3. The second kappa shape index (κ2) is 4.68. The standard InChI is InChI=1S/C14H14N2O3/c1-2-16-11-5-7-19-13(11)8-12(16)14(17)15-9-10-4-3-6-18-10/h3-8H,2,9H2,1H3,(H,15,17). The number of carbonyl (C=O) groups excluding carboxylic acids is 1. The van der Waals surface area contributed by atoms with Gasteiger partial charge in [-0.05, 0) is 19.1 Å². The van der Waals surface area contributed by atoms with Crippen LogP contribution in [0.4, 0.5) is 0 Å². The van der Waals surface area contributed by atoms with E-state index < -0.39 is 0 Å². The number of carbonyl (C=O) groups is 1. The zero-order valence-corrected chi connectivity index (χ0v) is 10.6. The molecule has 0 radical (unpaired) electrons. The molecule has 0 atom stereocenters. The number of nitrogens with zero attached hydrogens (tertiary/aromatic N) is 1. The quantitative estimate of drug-likeness (QED) is 0.782. The second-order valence-corrected chi connectivity index (χ2v) is 4.21. The fourth-order valence-electron chi connectivity index (χ4n) is 2.18. The molecule has 0 bridgehead atoms. The third-order valence-corrected chi connectivity index (χ3v) is 3.07. The van der Waals surface area contributed by atoms with Gasteiger partial charge in [-0.1, -0.05) is 0 Å². The molecule has 0 fully saturated rings. The Morgan fingerprint density at radius 1 is 1.32 bits per heavy atom. The van der Waals surface area contributed by atoms with Gasteiger partial charge in [-0.3, -0.25) is 4.79 Å². The van der Waals surface area contributed by atoms with Crippen molar-refractivity contribution in [1.29, 1.82) is 0 Å². The van der Waals surface area contributed by atoms with Crippen LogP contribution in [-0.4, -0.2) is 10.5 Å². The van der Waals surface area contributed by atoms with Crippen molar-refractivity contribution in [2.75, 3.05) is 0 Å². The van der Waals surface area contributed by atoms with Crippen LogP contribution in [-0.2, 0) is 13.1 Å². The van der Waals surface area contributed by atoms with Crippen molar-refractivity contribution in [2.24, 2.45) is 0 Å². The lowest BCUT2D eigenvalue weighted by atomic mass is 10.3. The average molecular weight is 258 g/mol. The predicted molar refractivity (Wildman–Crippen MR) is 69.8 cm³/mol. The summed E-state index contributed by atoms with van der Waals surface area (Å²) in [6.45, 7) is 3.09. The van der Waals surface area contributed by atoms with Crippen LogP contribution in [0.5, 0.6) is 0 Å². The summed E-state index contributed by atoms with van der Waals surface area (Å²) in [5.74, 6) is 0.594. The van der Waals surface area contributed by atoms with Gasteiger partial charge in [0.25, 0.3) is 5.91 Å². The van der Waals surface area contributed by atoms with Crippen LogP contribution in [0.15, 0.2) is 45.6 Å². The molecule has 1 N–H and O–H groups in total. The van der Waals surface area contributed by atoms with Crippen molar-refractivity contribution in [2.45, 2.75) is 20.0 Å². The van der Waals surface area contributed by atoms with Crippen LogP contribution in [0, 0.1) is 0 Å². The molecule has 5 nitrogen and oxygen atoms in total. The van der Waals surface area contributed by atoms with Gasteiger partial charge in [0.15, 0.2) is 5.58 Å². The van der Waals surface area contributed by atoms with Gasteiger partial charge in [0.05, 0.1) is 24.6 Å². The topological polar surface area (TPSA) is 60.3 Å². The van der Waals surface area contributed by atoms with Crippen LogP contribution in [0.1, 0.15) is 23.2 Å². The van der Waals surface area contributed by atoms with Crippen molar-refractivity contribution >= 4 is 17.0 Å². The first-order valence-electron chi connectivity index (χ1n) is 6.17. The highest BCUT2D eigenvalue weighted by Crippen LogP contribution is 2.21. The third-order valence-electron chi connectivity index (χ3n) is 3.07. The largest absolute Gasteiger partial charge is 0.467 e. The Kier molecular flexibility index (Phi) is 2.87. The average Bonchev–Trinajstić information content (AvgIpc) is 3.11. The molecule has 1 amide bonds. The van der Waals surface area contributed by atoms with Crippen LogP contribution < -0.4 is 5.32 Å². The van der Waals surface area contributed by atoms with Crippen LogP contribution >= 0.6 is 0 Å². The number of aromatic nitrogens is 1. The summed E-state index contributed by atoms with van der Waals surface area (Å²) < 4.78 is 12.4. The smallest absolute Gasteiger partial charge is 0.268 e. The lowest BCUT2D eigenvalue weighted by Crippen LogP contribution is -2.25. The van der Waals surface area contributed by atoms with Crippen molar-refractivity contribution in [3.05, 3.63) is 48.2 Å². The Morgan fingerprint density at radius 3 is 2.95 bits per heavy atom. The first-order valence-corrected chi connectivity index (χ1v) is 6.17. The molecule has 98 valence electrons. The maximum atomic E-state index is 12.2. The molecule has 3 aromatic heterocycles. The Balaban J connectivity index is 1.82. The molecule has 3 heterocycles. The van der Waals surface area contributed by atoms with Crippen LogP contribution in [0.25, 0.3) is 11.1 Å². The maximum absolute atomic E-state index is 12.2. The number of furan rings is 2. The number of nitrogens with one attached hydrogen (secondary N) is 1. The molecular formula is C14H14N2O3. The molecule has 0 aromatic carbocycles. The molecule has 0 unspecified atom stereocenters. The van der Waals surface area contributed by atoms with Gasteiger partial charge in [0, 0.05) is 18.7 Å². The summed E-state index contributed by atoms with van der Waals surface area (Å²) in [6.07, 6.45) is 3.21. The van der Waals surface area contributed by atoms with E-state index in [4.69, 9.17) is 8.83 Å². The van der Waals surface area contributed by atoms with Crippen molar-refractivity contribution in [3.8, 4) is 0 Å². The van der Waals surface area contributed by atoms with Gasteiger partial charge in [-0.25, -0.2) is 0 Å². The highest BCUT2D eigenvalue weighted by molar-refractivity contribution is 5.97. The summed E-state index contributed by atoms with van der Waals surface area (Å²) in [6, 6.07) is 7.24. The molecule has 3 rings (SSSR count). The van der Waals surface area contributed by atoms with Gasteiger partial charge in [-0.2, -0.15) is 0 Å². The molecule has 3 aromatic rings. The minimum absolute atomic E-state index is 0.135. The van der Waals surface area contributed by atoms with E-state index in [9.17, 15) is 4.79 Å². The van der Waals surface area contributed by atoms with Gasteiger partial charge < -0.3 is 18.7 Å². The summed E-state index contributed by atoms with van der Waals surface area (Å²) in [5.41, 5.74) is 2.26. The Labute approximate surface area is 109 Å². The van der Waals surface area contributed by atoms with Crippen molar-refractivity contribution in [1.82, 2.24) is 9.88 Å². The zero-order chi connectivity index (χ0) is 13.2. The summed E-state index contributed by atoms with van der Waals surface area (Å²) in [4.78, 5) is 12.2. The van der Waals surface area contributed by atoms with E-state index >= 15 is 0 Å². The Hall–Kier alpha value is -2.43. The summed E-state index contributed by atoms with van der Waals surface area (Å²) >= 11 is 0. The predicted octanol–water partition coefficient (Wildman–Crippen LogP) is 2.78. The molecule has 5 heteroatoms. The highest BCUT2D eigenvalue weighted by Gasteiger charge is 2.16. The zero-order valence-electron chi connectivity index (χ0n) is 10.6. The summed E-state index contributed by atoms with van der Waals surface area (Å²) in [7, 11) is 0. The molecule has 0 saturated carbocycles. The van der Waals surface area contributed by atoms with Crippen LogP contribution in [0.3, 0.4) is 0 Å². The van der Waals surface area contributed by atoms with Gasteiger partial charge in [-0.15, -0.1) is 0 Å². The Morgan fingerprint density at radius 2 is 2.21 bits per heavy atom. The van der Waals surface area contributed by atoms with Gasteiger partial charge in [0.2, 0.25) is 0 Å². The molecule has 0 saturated heterocycles. The van der Waals surface area contributed by atoms with E-state index in [1.165, 1.54) is 0 Å². The molecular weight excluding hydrogens is 244 g/mol. The monoisotopic (exact) mass is 258 g/mol. The normalized spacial score (nSPS) is 11.0. The molecule has 0 aliphatic carbocycles. The molecule has 0 aliphatic rings. The Bertz CT molecular complexity index is 691. The number of hydrogen-bond donors (Lipinski definition) is 1. The van der Waals surface area contributed by atoms with E-state index in [0.29, 0.717) is 18.8 Å². The van der Waals surface area contributed by atoms with Crippen LogP contribution in [0.2, 0.25) is 0 Å². The highest BCUT2D eigenvalue weighted by atomic mass is 16.3. The van der Waals surface area contributed by atoms with Gasteiger partial charge in [0.1, 0.15) is 11.5 Å². The molecule has 0 aliphatic heterocycles. The lowest BCUT2D eigenvalue weighted by molar-refractivity contribution is 0.0939. The van der Waals surface area contributed by atoms with E-state index in [1.54, 1.807) is 24.7 Å². The number of amides is 1. The van der Waals surface area contributed by atoms with E-state index in [-0.39, 0.29) is 5.91 Å². The SMILES string of the molecule is CCn1c(C(=O)NCc2ccco2)cc2occc21. The summed E-state index contributed by atoms with van der Waals surface area (Å²) in [5, 5.41) is 2.83. The van der Waals surface area contributed by atoms with Crippen molar-refractivity contribution < 1.29 is 13.6 Å².